The molecule has 0 saturated heterocycles. The van der Waals surface area contributed by atoms with E-state index in [9.17, 15) is 0 Å². The van der Waals surface area contributed by atoms with E-state index in [1.165, 1.54) is 89.9 Å². The normalized spacial score (nSPS) is 10.3. The first kappa shape index (κ1) is 44.0. The van der Waals surface area contributed by atoms with E-state index in [0.717, 1.165) is 52.1 Å². The third kappa shape index (κ3) is 48.1. The second-order valence-corrected chi connectivity index (χ2v) is 9.21. The van der Waals surface area contributed by atoms with Gasteiger partial charge in [0.1, 0.15) is 13.6 Å². The fourth-order valence-electron chi connectivity index (χ4n) is 3.46. The Morgan fingerprint density at radius 2 is 0.694 bits per heavy atom. The fourth-order valence-corrected chi connectivity index (χ4v) is 3.46. The van der Waals surface area contributed by atoms with Gasteiger partial charge in [0.2, 0.25) is 0 Å². The number of hydrogen-bond donors (Lipinski definition) is 0. The molecule has 0 amide bonds. The number of ether oxygens (including phenoxy) is 4. The fraction of sp³-hybridized carbons (Fsp3) is 0.933. The summed E-state index contributed by atoms with van der Waals surface area (Å²) in [6.45, 7) is 13.0. The molecule has 0 aromatic heterocycles. The molecule has 0 aliphatic heterocycles. The molecule has 0 spiro atoms. The summed E-state index contributed by atoms with van der Waals surface area (Å²) in [7, 11) is 0. The van der Waals surface area contributed by atoms with E-state index >= 15 is 0 Å². The summed E-state index contributed by atoms with van der Waals surface area (Å²) in [5, 5.41) is 0. The minimum Gasteiger partial charge on any atom is -0.356 e. The van der Waals surface area contributed by atoms with Gasteiger partial charge < -0.3 is 31.8 Å². The third-order valence-electron chi connectivity index (χ3n) is 5.68. The summed E-state index contributed by atoms with van der Waals surface area (Å²) in [4.78, 5) is 0. The van der Waals surface area contributed by atoms with E-state index in [2.05, 4.69) is 40.5 Å². The molecule has 0 bridgehead atoms. The Labute approximate surface area is 250 Å². The van der Waals surface area contributed by atoms with Gasteiger partial charge in [-0.05, 0) is 12.8 Å². The first-order chi connectivity index (χ1) is 16.8. The third-order valence-corrected chi connectivity index (χ3v) is 5.68. The van der Waals surface area contributed by atoms with Gasteiger partial charge in [0.25, 0.3) is 0 Å². The van der Waals surface area contributed by atoms with Gasteiger partial charge >= 0.3 is 17.1 Å². The number of rotatable bonds is 28. The van der Waals surface area contributed by atoms with Crippen LogP contribution in [0.1, 0.15) is 143 Å². The van der Waals surface area contributed by atoms with Crippen LogP contribution in [0.3, 0.4) is 0 Å². The van der Waals surface area contributed by atoms with E-state index in [0.29, 0.717) is 13.6 Å². The second kappa shape index (κ2) is 45.8. The van der Waals surface area contributed by atoms with Gasteiger partial charge in [-0.2, -0.15) is 26.7 Å². The van der Waals surface area contributed by atoms with Crippen LogP contribution in [0, 0.1) is 12.8 Å². The maximum Gasteiger partial charge on any atom is 2.00 e. The van der Waals surface area contributed by atoms with Crippen LogP contribution in [0.15, 0.2) is 0 Å². The number of hydrogen-bond acceptors (Lipinski definition) is 4. The molecule has 0 saturated carbocycles. The van der Waals surface area contributed by atoms with Gasteiger partial charge in [-0.25, -0.2) is 0 Å². The molecule has 0 rings (SSSR count). The maximum absolute atomic E-state index is 5.41. The molecule has 0 aliphatic carbocycles. The Kier molecular flexibility index (Phi) is 56.0. The monoisotopic (exact) mass is 556 g/mol. The van der Waals surface area contributed by atoms with Crippen LogP contribution in [0.4, 0.5) is 0 Å². The molecule has 36 heavy (non-hydrogen) atoms. The molecular formula is C30H62CuLiO4. The molecule has 0 atom stereocenters. The quantitative estimate of drug-likeness (QED) is 0.0416. The van der Waals surface area contributed by atoms with Gasteiger partial charge in [0.05, 0.1) is 0 Å². The molecule has 6 heteroatoms. The van der Waals surface area contributed by atoms with E-state index in [1.54, 1.807) is 0 Å². The first-order valence-corrected chi connectivity index (χ1v) is 14.7. The minimum absolute atomic E-state index is 0. The van der Waals surface area contributed by atoms with E-state index in [1.807, 2.05) is 0 Å². The second-order valence-electron chi connectivity index (χ2n) is 9.21. The van der Waals surface area contributed by atoms with Crippen molar-refractivity contribution in [3.05, 3.63) is 12.8 Å². The standard InChI is InChI=1S/2C15H31O2.Cu.Li/c2*1-3-5-7-8-9-10-12-14-17-15-16-13-11-6-4-2;;/h2*4H,3,5-15H2,1-2H3;;/q2*-1;+2;. The Balaban J connectivity index is -0.000000269. The van der Waals surface area contributed by atoms with E-state index < -0.39 is 0 Å². The smallest absolute Gasteiger partial charge is 0.356 e. The van der Waals surface area contributed by atoms with Crippen LogP contribution in [0.5, 0.6) is 0 Å². The molecule has 0 N–H and O–H groups in total. The van der Waals surface area contributed by atoms with Gasteiger partial charge in [0.15, 0.2) is 0 Å². The van der Waals surface area contributed by atoms with Crippen LogP contribution in [-0.2, 0) is 36.0 Å². The van der Waals surface area contributed by atoms with Crippen LogP contribution < -0.4 is 0 Å². The molecular weight excluding hydrogens is 495 g/mol. The molecule has 218 valence electrons. The predicted octanol–water partition coefficient (Wildman–Crippen LogP) is 9.08. The molecule has 0 aromatic carbocycles. The summed E-state index contributed by atoms with van der Waals surface area (Å²) in [5.41, 5.74) is 0. The van der Waals surface area contributed by atoms with Crippen molar-refractivity contribution in [2.75, 3.05) is 40.0 Å². The van der Waals surface area contributed by atoms with Crippen LogP contribution in [0.2, 0.25) is 0 Å². The van der Waals surface area contributed by atoms with Crippen LogP contribution in [-0.4, -0.2) is 58.9 Å². The van der Waals surface area contributed by atoms with Crippen molar-refractivity contribution in [1.29, 1.82) is 0 Å². The summed E-state index contributed by atoms with van der Waals surface area (Å²) < 4.78 is 21.5. The minimum atomic E-state index is 0. The van der Waals surface area contributed by atoms with Crippen molar-refractivity contribution in [2.24, 2.45) is 0 Å². The zero-order valence-electron chi connectivity index (χ0n) is 25.1. The molecule has 0 fully saturated rings. The molecule has 0 heterocycles. The number of unbranched alkanes of at least 4 members (excludes halogenated alkanes) is 16. The SMILES string of the molecule is C[CH-]CCCOCOCCCCCCCCC.C[CH-]CCCOCOCCCCCCCCC.[Cu+2].[Li]. The maximum atomic E-state index is 5.41. The Hall–Kier alpha value is 0.957. The van der Waals surface area contributed by atoms with Crippen molar-refractivity contribution in [3.63, 3.8) is 0 Å². The van der Waals surface area contributed by atoms with Gasteiger partial charge in [-0.1, -0.05) is 104 Å². The largest absolute Gasteiger partial charge is 2.00 e. The predicted molar refractivity (Wildman–Crippen MR) is 154 cm³/mol. The summed E-state index contributed by atoms with van der Waals surface area (Å²) in [6, 6.07) is 0. The zero-order chi connectivity index (χ0) is 25.2. The van der Waals surface area contributed by atoms with Gasteiger partial charge in [0, 0.05) is 45.3 Å². The average Bonchev–Trinajstić information content (AvgIpc) is 2.85. The van der Waals surface area contributed by atoms with Crippen LogP contribution >= 0.6 is 0 Å². The van der Waals surface area contributed by atoms with Crippen molar-refractivity contribution >= 4 is 18.9 Å². The van der Waals surface area contributed by atoms with Gasteiger partial charge in [-0.15, -0.1) is 0 Å². The summed E-state index contributed by atoms with van der Waals surface area (Å²) in [6.07, 6.45) is 27.5. The van der Waals surface area contributed by atoms with Crippen molar-refractivity contribution in [3.8, 4) is 0 Å². The van der Waals surface area contributed by atoms with Crippen molar-refractivity contribution in [2.45, 2.75) is 143 Å². The molecule has 0 aliphatic rings. The van der Waals surface area contributed by atoms with E-state index in [-0.39, 0.29) is 35.9 Å². The molecule has 2 radical (unpaired) electrons. The summed E-state index contributed by atoms with van der Waals surface area (Å²) in [5.74, 6) is 0. The molecule has 0 unspecified atom stereocenters. The average molecular weight is 557 g/mol. The Morgan fingerprint density at radius 1 is 0.417 bits per heavy atom. The topological polar surface area (TPSA) is 36.9 Å². The molecule has 4 nitrogen and oxygen atoms in total. The summed E-state index contributed by atoms with van der Waals surface area (Å²) >= 11 is 0. The van der Waals surface area contributed by atoms with E-state index in [4.69, 9.17) is 18.9 Å². The Morgan fingerprint density at radius 3 is 1.00 bits per heavy atom. The van der Waals surface area contributed by atoms with Crippen LogP contribution in [0.25, 0.3) is 0 Å². The molecule has 0 aromatic rings. The first-order valence-electron chi connectivity index (χ1n) is 14.7. The van der Waals surface area contributed by atoms with Gasteiger partial charge in [-0.3, -0.25) is 0 Å². The van der Waals surface area contributed by atoms with Crippen molar-refractivity contribution in [1.82, 2.24) is 0 Å². The Bertz CT molecular complexity index is 267. The zero-order valence-corrected chi connectivity index (χ0v) is 26.0. The van der Waals surface area contributed by atoms with Crippen molar-refractivity contribution < 1.29 is 36.0 Å².